The number of nitrogens with zero attached hydrogens (tertiary/aromatic N) is 1. The van der Waals surface area contributed by atoms with E-state index >= 15 is 0 Å². The molecule has 2 heterocycles. The molecule has 1 N–H and O–H groups in total. The van der Waals surface area contributed by atoms with Gasteiger partial charge in [-0.25, -0.2) is 9.69 Å². The molecule has 1 atom stereocenters. The molecule has 0 spiro atoms. The first-order valence-electron chi connectivity index (χ1n) is 4.43. The Labute approximate surface area is 80.2 Å². The van der Waals surface area contributed by atoms with E-state index in [0.717, 1.165) is 4.90 Å². The minimum Gasteiger partial charge on any atom is -0.447 e. The Kier molecular flexibility index (Phi) is 2.11. The first kappa shape index (κ1) is 8.98. The van der Waals surface area contributed by atoms with Gasteiger partial charge >= 0.3 is 6.09 Å². The SMILES string of the molecule is O=C1CC(C(=O)N2CCOC2=O)CN1. The molecule has 6 heteroatoms. The van der Waals surface area contributed by atoms with E-state index < -0.39 is 12.0 Å². The average Bonchev–Trinajstić information content (AvgIpc) is 2.73. The number of ether oxygens (including phenoxy) is 1. The van der Waals surface area contributed by atoms with Gasteiger partial charge in [-0.1, -0.05) is 0 Å². The molecule has 2 aliphatic rings. The van der Waals surface area contributed by atoms with Crippen molar-refractivity contribution < 1.29 is 19.1 Å². The summed E-state index contributed by atoms with van der Waals surface area (Å²) < 4.78 is 4.63. The van der Waals surface area contributed by atoms with E-state index in [0.29, 0.717) is 13.1 Å². The second-order valence-corrected chi connectivity index (χ2v) is 3.31. The lowest BCUT2D eigenvalue weighted by atomic mass is 10.1. The molecule has 14 heavy (non-hydrogen) atoms. The molecule has 0 radical (unpaired) electrons. The lowest BCUT2D eigenvalue weighted by molar-refractivity contribution is -0.132. The fraction of sp³-hybridized carbons (Fsp3) is 0.625. The summed E-state index contributed by atoms with van der Waals surface area (Å²) >= 11 is 0. The summed E-state index contributed by atoms with van der Waals surface area (Å²) in [6.45, 7) is 0.864. The van der Waals surface area contributed by atoms with Crippen LogP contribution in [0.5, 0.6) is 0 Å². The summed E-state index contributed by atoms with van der Waals surface area (Å²) in [6, 6.07) is 0. The van der Waals surface area contributed by atoms with Crippen LogP contribution in [0.15, 0.2) is 0 Å². The molecule has 0 aromatic rings. The highest BCUT2D eigenvalue weighted by Crippen LogP contribution is 2.15. The zero-order valence-corrected chi connectivity index (χ0v) is 7.49. The second-order valence-electron chi connectivity index (χ2n) is 3.31. The third-order valence-corrected chi connectivity index (χ3v) is 2.35. The molecule has 0 aromatic carbocycles. The third-order valence-electron chi connectivity index (χ3n) is 2.35. The summed E-state index contributed by atoms with van der Waals surface area (Å²) in [4.78, 5) is 34.6. The standard InChI is InChI=1S/C8H10N2O4/c11-6-3-5(4-9-6)7(12)10-1-2-14-8(10)13/h5H,1-4H2,(H,9,11). The molecular weight excluding hydrogens is 188 g/mol. The van der Waals surface area contributed by atoms with Crippen molar-refractivity contribution in [1.29, 1.82) is 0 Å². The van der Waals surface area contributed by atoms with Crippen LogP contribution in [0.25, 0.3) is 0 Å². The fourth-order valence-electron chi connectivity index (χ4n) is 1.59. The van der Waals surface area contributed by atoms with Gasteiger partial charge in [0.1, 0.15) is 6.61 Å². The van der Waals surface area contributed by atoms with Gasteiger partial charge in [0.05, 0.1) is 12.5 Å². The van der Waals surface area contributed by atoms with E-state index in [1.54, 1.807) is 0 Å². The van der Waals surface area contributed by atoms with Crippen LogP contribution in [0.1, 0.15) is 6.42 Å². The molecule has 0 aromatic heterocycles. The largest absolute Gasteiger partial charge is 0.447 e. The summed E-state index contributed by atoms with van der Waals surface area (Å²) in [6.07, 6.45) is -0.433. The molecular formula is C8H10N2O4. The Balaban J connectivity index is 2.01. The zero-order valence-electron chi connectivity index (χ0n) is 7.49. The Morgan fingerprint density at radius 1 is 1.50 bits per heavy atom. The number of cyclic esters (lactones) is 1. The predicted molar refractivity (Wildman–Crippen MR) is 44.2 cm³/mol. The van der Waals surface area contributed by atoms with Gasteiger partial charge in [0.15, 0.2) is 0 Å². The smallest absolute Gasteiger partial charge is 0.416 e. The van der Waals surface area contributed by atoms with Crippen molar-refractivity contribution in [3.8, 4) is 0 Å². The molecule has 3 amide bonds. The predicted octanol–water partition coefficient (Wildman–Crippen LogP) is -0.899. The van der Waals surface area contributed by atoms with Crippen molar-refractivity contribution in [3.05, 3.63) is 0 Å². The van der Waals surface area contributed by atoms with Crippen LogP contribution in [-0.4, -0.2) is 42.5 Å². The highest BCUT2D eigenvalue weighted by Gasteiger charge is 2.36. The number of imide groups is 1. The van der Waals surface area contributed by atoms with Gasteiger partial charge in [-0.3, -0.25) is 9.59 Å². The highest BCUT2D eigenvalue weighted by atomic mass is 16.6. The lowest BCUT2D eigenvalue weighted by Gasteiger charge is -2.13. The molecule has 0 saturated carbocycles. The van der Waals surface area contributed by atoms with Gasteiger partial charge < -0.3 is 10.1 Å². The summed E-state index contributed by atoms with van der Waals surface area (Å²) in [5.41, 5.74) is 0. The van der Waals surface area contributed by atoms with E-state index in [-0.39, 0.29) is 24.8 Å². The third kappa shape index (κ3) is 1.43. The highest BCUT2D eigenvalue weighted by molar-refractivity contribution is 5.97. The average molecular weight is 198 g/mol. The van der Waals surface area contributed by atoms with Gasteiger partial charge in [-0.2, -0.15) is 0 Å². The Morgan fingerprint density at radius 2 is 2.29 bits per heavy atom. The minimum absolute atomic E-state index is 0.143. The second kappa shape index (κ2) is 3.28. The van der Waals surface area contributed by atoms with E-state index in [9.17, 15) is 14.4 Å². The monoisotopic (exact) mass is 198 g/mol. The zero-order chi connectivity index (χ0) is 10.1. The Hall–Kier alpha value is -1.59. The number of rotatable bonds is 1. The Bertz CT molecular complexity index is 302. The van der Waals surface area contributed by atoms with Gasteiger partial charge in [-0.15, -0.1) is 0 Å². The molecule has 2 aliphatic heterocycles. The summed E-state index contributed by atoms with van der Waals surface area (Å²) in [5, 5.41) is 2.55. The normalized spacial score (nSPS) is 26.3. The topological polar surface area (TPSA) is 75.7 Å². The number of carbonyl (C=O) groups is 3. The molecule has 2 rings (SSSR count). The molecule has 2 saturated heterocycles. The van der Waals surface area contributed by atoms with Crippen LogP contribution >= 0.6 is 0 Å². The molecule has 2 fully saturated rings. The van der Waals surface area contributed by atoms with Gasteiger partial charge in [-0.05, 0) is 0 Å². The maximum absolute atomic E-state index is 11.6. The number of amides is 3. The number of nitrogens with one attached hydrogen (secondary N) is 1. The van der Waals surface area contributed by atoms with E-state index in [4.69, 9.17) is 0 Å². The fourth-order valence-corrected chi connectivity index (χ4v) is 1.59. The van der Waals surface area contributed by atoms with E-state index in [1.807, 2.05) is 0 Å². The van der Waals surface area contributed by atoms with Crippen molar-refractivity contribution in [2.45, 2.75) is 6.42 Å². The van der Waals surface area contributed by atoms with Crippen LogP contribution in [0.3, 0.4) is 0 Å². The van der Waals surface area contributed by atoms with Crippen molar-refractivity contribution in [3.63, 3.8) is 0 Å². The number of hydrogen-bond donors (Lipinski definition) is 1. The maximum Gasteiger partial charge on any atom is 0.416 e. The van der Waals surface area contributed by atoms with Crippen LogP contribution in [0, 0.1) is 5.92 Å². The van der Waals surface area contributed by atoms with Crippen LogP contribution in [-0.2, 0) is 14.3 Å². The van der Waals surface area contributed by atoms with E-state index in [2.05, 4.69) is 10.1 Å². The van der Waals surface area contributed by atoms with Crippen molar-refractivity contribution in [1.82, 2.24) is 10.2 Å². The number of carbonyl (C=O) groups excluding carboxylic acids is 3. The molecule has 1 unspecified atom stereocenters. The summed E-state index contributed by atoms with van der Waals surface area (Å²) in [5.74, 6) is -0.866. The first-order chi connectivity index (χ1) is 6.68. The number of hydrogen-bond acceptors (Lipinski definition) is 4. The Morgan fingerprint density at radius 3 is 2.79 bits per heavy atom. The molecule has 0 bridgehead atoms. The van der Waals surface area contributed by atoms with Crippen molar-refractivity contribution in [2.24, 2.45) is 5.92 Å². The van der Waals surface area contributed by atoms with Gasteiger partial charge in [0.25, 0.3) is 0 Å². The van der Waals surface area contributed by atoms with E-state index in [1.165, 1.54) is 0 Å². The quantitative estimate of drug-likeness (QED) is 0.592. The molecule has 76 valence electrons. The van der Waals surface area contributed by atoms with Crippen LogP contribution in [0.2, 0.25) is 0 Å². The molecule has 0 aliphatic carbocycles. The van der Waals surface area contributed by atoms with Gasteiger partial charge in [0.2, 0.25) is 11.8 Å². The molecule has 6 nitrogen and oxygen atoms in total. The van der Waals surface area contributed by atoms with Crippen LogP contribution in [0.4, 0.5) is 4.79 Å². The van der Waals surface area contributed by atoms with Crippen LogP contribution < -0.4 is 5.32 Å². The minimum atomic E-state index is -0.602. The summed E-state index contributed by atoms with van der Waals surface area (Å²) in [7, 11) is 0. The maximum atomic E-state index is 11.6. The van der Waals surface area contributed by atoms with Crippen molar-refractivity contribution >= 4 is 17.9 Å². The lowest BCUT2D eigenvalue weighted by Crippen LogP contribution is -2.37. The van der Waals surface area contributed by atoms with Crippen molar-refractivity contribution in [2.75, 3.05) is 19.7 Å². The first-order valence-corrected chi connectivity index (χ1v) is 4.43. The van der Waals surface area contributed by atoms with Gasteiger partial charge in [0, 0.05) is 13.0 Å².